The maximum atomic E-state index is 12.7. The van der Waals surface area contributed by atoms with E-state index in [-0.39, 0.29) is 11.2 Å². The van der Waals surface area contributed by atoms with E-state index < -0.39 is 0 Å². The van der Waals surface area contributed by atoms with Gasteiger partial charge in [-0.25, -0.2) is 0 Å². The fraction of sp³-hybridized carbons (Fsp3) is 0.571. The third-order valence-electron chi connectivity index (χ3n) is 5.47. The summed E-state index contributed by atoms with van der Waals surface area (Å²) in [6.45, 7) is 6.98. The summed E-state index contributed by atoms with van der Waals surface area (Å²) in [7, 11) is 1.65. The second-order valence-electron chi connectivity index (χ2n) is 7.42. The predicted molar refractivity (Wildman–Crippen MR) is 113 cm³/mol. The topological polar surface area (TPSA) is 69.0 Å². The maximum Gasteiger partial charge on any atom is 0.233 e. The standard InChI is InChI=1S/C21H30N4O2S/c1-5-25-19(16-10-12-17(27-4)13-11-16)23-24-21(25)28-15(3)20(26)22-18-9-7-6-8-14(18)2/h10-15,18H,5-9H2,1-4H3,(H,22,26)/t14-,15-,18-/m0/s1. The van der Waals surface area contributed by atoms with E-state index in [9.17, 15) is 4.79 Å². The van der Waals surface area contributed by atoms with E-state index in [0.29, 0.717) is 12.0 Å². The van der Waals surface area contributed by atoms with Gasteiger partial charge in [-0.15, -0.1) is 10.2 Å². The van der Waals surface area contributed by atoms with Crippen molar-refractivity contribution in [2.24, 2.45) is 5.92 Å². The van der Waals surface area contributed by atoms with Crippen molar-refractivity contribution in [3.8, 4) is 17.1 Å². The summed E-state index contributed by atoms with van der Waals surface area (Å²) >= 11 is 1.47. The Bertz CT molecular complexity index is 790. The van der Waals surface area contributed by atoms with Crippen molar-refractivity contribution < 1.29 is 9.53 Å². The fourth-order valence-electron chi connectivity index (χ4n) is 3.66. The van der Waals surface area contributed by atoms with Crippen molar-refractivity contribution >= 4 is 17.7 Å². The average molecular weight is 403 g/mol. The molecule has 1 aliphatic carbocycles. The van der Waals surface area contributed by atoms with Gasteiger partial charge in [-0.05, 0) is 56.9 Å². The lowest BCUT2D eigenvalue weighted by atomic mass is 9.86. The summed E-state index contributed by atoms with van der Waals surface area (Å²) in [4.78, 5) is 12.7. The van der Waals surface area contributed by atoms with Gasteiger partial charge in [-0.1, -0.05) is 31.5 Å². The van der Waals surface area contributed by atoms with E-state index in [1.54, 1.807) is 7.11 Å². The summed E-state index contributed by atoms with van der Waals surface area (Å²) in [6.07, 6.45) is 4.75. The van der Waals surface area contributed by atoms with Crippen molar-refractivity contribution in [1.29, 1.82) is 0 Å². The Balaban J connectivity index is 1.69. The molecule has 1 heterocycles. The minimum absolute atomic E-state index is 0.0837. The van der Waals surface area contributed by atoms with E-state index in [4.69, 9.17) is 4.74 Å². The van der Waals surface area contributed by atoms with Gasteiger partial charge in [0.1, 0.15) is 5.75 Å². The van der Waals surface area contributed by atoms with Crippen LogP contribution in [0.3, 0.4) is 0 Å². The third kappa shape index (κ3) is 4.69. The van der Waals surface area contributed by atoms with Crippen LogP contribution in [0.2, 0.25) is 0 Å². The number of benzene rings is 1. The quantitative estimate of drug-likeness (QED) is 0.705. The lowest BCUT2D eigenvalue weighted by molar-refractivity contribution is -0.121. The Morgan fingerprint density at radius 2 is 2.00 bits per heavy atom. The molecule has 28 heavy (non-hydrogen) atoms. The first-order valence-electron chi connectivity index (χ1n) is 10.1. The maximum absolute atomic E-state index is 12.7. The first-order valence-corrected chi connectivity index (χ1v) is 11.0. The van der Waals surface area contributed by atoms with Crippen molar-refractivity contribution in [2.75, 3.05) is 7.11 Å². The molecule has 0 aliphatic heterocycles. The largest absolute Gasteiger partial charge is 0.497 e. The van der Waals surface area contributed by atoms with Gasteiger partial charge >= 0.3 is 0 Å². The average Bonchev–Trinajstić information content (AvgIpc) is 3.12. The molecule has 152 valence electrons. The van der Waals surface area contributed by atoms with Crippen LogP contribution in [0.5, 0.6) is 5.75 Å². The third-order valence-corrected chi connectivity index (χ3v) is 6.55. The Hall–Kier alpha value is -2.02. The molecule has 1 amide bonds. The molecule has 0 saturated heterocycles. The molecule has 1 aliphatic rings. The Labute approximate surface area is 171 Å². The molecule has 0 spiro atoms. The van der Waals surface area contributed by atoms with E-state index >= 15 is 0 Å². The number of hydrogen-bond donors (Lipinski definition) is 1. The van der Waals surface area contributed by atoms with Crippen LogP contribution in [0, 0.1) is 5.92 Å². The minimum atomic E-state index is -0.215. The van der Waals surface area contributed by atoms with Crippen LogP contribution in [-0.2, 0) is 11.3 Å². The molecule has 1 fully saturated rings. The highest BCUT2D eigenvalue weighted by atomic mass is 32.2. The van der Waals surface area contributed by atoms with Crippen LogP contribution in [0.15, 0.2) is 29.4 Å². The van der Waals surface area contributed by atoms with E-state index in [2.05, 4.69) is 33.9 Å². The highest BCUT2D eigenvalue weighted by molar-refractivity contribution is 8.00. The van der Waals surface area contributed by atoms with Crippen molar-refractivity contribution in [2.45, 2.75) is 69.4 Å². The fourth-order valence-corrected chi connectivity index (χ4v) is 4.58. The zero-order chi connectivity index (χ0) is 20.1. The second kappa shape index (κ2) is 9.45. The van der Waals surface area contributed by atoms with Crippen LogP contribution in [0.1, 0.15) is 46.5 Å². The number of carbonyl (C=O) groups excluding carboxylic acids is 1. The van der Waals surface area contributed by atoms with Crippen molar-refractivity contribution in [3.05, 3.63) is 24.3 Å². The second-order valence-corrected chi connectivity index (χ2v) is 8.72. The molecule has 1 aromatic carbocycles. The Morgan fingerprint density at radius 3 is 2.64 bits per heavy atom. The van der Waals surface area contributed by atoms with Gasteiger partial charge in [-0.2, -0.15) is 0 Å². The number of nitrogens with zero attached hydrogens (tertiary/aromatic N) is 3. The molecule has 7 heteroatoms. The molecular formula is C21H30N4O2S. The summed E-state index contributed by atoms with van der Waals surface area (Å²) in [6, 6.07) is 8.08. The number of carbonyl (C=O) groups is 1. The van der Waals surface area contributed by atoms with Gasteiger partial charge in [0.15, 0.2) is 11.0 Å². The van der Waals surface area contributed by atoms with Gasteiger partial charge in [0, 0.05) is 18.2 Å². The molecule has 1 saturated carbocycles. The van der Waals surface area contributed by atoms with Crippen LogP contribution in [-0.4, -0.2) is 39.1 Å². The molecule has 3 rings (SSSR count). The summed E-state index contributed by atoms with van der Waals surface area (Å²) in [5, 5.41) is 12.5. The predicted octanol–water partition coefficient (Wildman–Crippen LogP) is 4.15. The molecule has 3 atom stereocenters. The number of aromatic nitrogens is 3. The number of amides is 1. The highest BCUT2D eigenvalue weighted by Gasteiger charge is 2.26. The summed E-state index contributed by atoms with van der Waals surface area (Å²) < 4.78 is 7.28. The summed E-state index contributed by atoms with van der Waals surface area (Å²) in [5.74, 6) is 2.25. The zero-order valence-corrected chi connectivity index (χ0v) is 18.0. The van der Waals surface area contributed by atoms with Crippen LogP contribution < -0.4 is 10.1 Å². The van der Waals surface area contributed by atoms with E-state index in [1.165, 1.54) is 31.0 Å². The molecule has 1 aromatic heterocycles. The normalized spacial score (nSPS) is 20.6. The van der Waals surface area contributed by atoms with Crippen LogP contribution >= 0.6 is 11.8 Å². The van der Waals surface area contributed by atoms with Gasteiger partial charge in [0.25, 0.3) is 0 Å². The monoisotopic (exact) mass is 402 g/mol. The van der Waals surface area contributed by atoms with Crippen molar-refractivity contribution in [3.63, 3.8) is 0 Å². The number of methoxy groups -OCH3 is 1. The molecule has 6 nitrogen and oxygen atoms in total. The Morgan fingerprint density at radius 1 is 1.29 bits per heavy atom. The number of hydrogen-bond acceptors (Lipinski definition) is 5. The molecule has 1 N–H and O–H groups in total. The van der Waals surface area contributed by atoms with Gasteiger partial charge in [-0.3, -0.25) is 4.79 Å². The molecule has 0 unspecified atom stereocenters. The molecule has 2 aromatic rings. The first-order chi connectivity index (χ1) is 13.5. The van der Waals surface area contributed by atoms with Gasteiger partial charge in [0.2, 0.25) is 5.91 Å². The smallest absolute Gasteiger partial charge is 0.233 e. The lowest BCUT2D eigenvalue weighted by Gasteiger charge is -2.30. The van der Waals surface area contributed by atoms with E-state index in [0.717, 1.165) is 35.3 Å². The highest BCUT2D eigenvalue weighted by Crippen LogP contribution is 2.29. The minimum Gasteiger partial charge on any atom is -0.497 e. The van der Waals surface area contributed by atoms with Crippen LogP contribution in [0.25, 0.3) is 11.4 Å². The van der Waals surface area contributed by atoms with E-state index in [1.807, 2.05) is 31.2 Å². The molecule has 0 radical (unpaired) electrons. The molecular weight excluding hydrogens is 372 g/mol. The Kier molecular flexibility index (Phi) is 6.99. The SMILES string of the molecule is CCn1c(S[C@@H](C)C(=O)N[C@H]2CCCC[C@@H]2C)nnc1-c1ccc(OC)cc1. The summed E-state index contributed by atoms with van der Waals surface area (Å²) in [5.41, 5.74) is 0.982. The van der Waals surface area contributed by atoms with Crippen molar-refractivity contribution in [1.82, 2.24) is 20.1 Å². The number of nitrogens with one attached hydrogen (secondary N) is 1. The number of rotatable bonds is 7. The van der Waals surface area contributed by atoms with Gasteiger partial charge in [0.05, 0.1) is 12.4 Å². The first kappa shape index (κ1) is 20.7. The van der Waals surface area contributed by atoms with Gasteiger partial charge < -0.3 is 14.6 Å². The van der Waals surface area contributed by atoms with Crippen LogP contribution in [0.4, 0.5) is 0 Å². The molecule has 0 bridgehead atoms. The lowest BCUT2D eigenvalue weighted by Crippen LogP contribution is -2.44. The number of thioether (sulfide) groups is 1. The zero-order valence-electron chi connectivity index (χ0n) is 17.1. The number of ether oxygens (including phenoxy) is 1.